The molecule has 0 atom stereocenters. The number of pyridine rings is 1. The minimum Gasteiger partial charge on any atom is -0.245 e. The van der Waals surface area contributed by atoms with Crippen LogP contribution in [0.25, 0.3) is 22.9 Å². The molecule has 0 saturated carbocycles. The van der Waals surface area contributed by atoms with E-state index in [0.717, 1.165) is 27.6 Å². The summed E-state index contributed by atoms with van der Waals surface area (Å²) >= 11 is 8.85. The van der Waals surface area contributed by atoms with Gasteiger partial charge < -0.3 is 0 Å². The average molecular weight is 423 g/mol. The van der Waals surface area contributed by atoms with E-state index >= 15 is 0 Å². The topological polar surface area (TPSA) is 73.4 Å². The van der Waals surface area contributed by atoms with Crippen molar-refractivity contribution in [2.75, 3.05) is 5.75 Å². The van der Waals surface area contributed by atoms with Gasteiger partial charge in [0, 0.05) is 21.7 Å². The number of nitriles is 2. The largest absolute Gasteiger partial charge is 0.245 e. The number of thioether (sulfide) groups is 1. The van der Waals surface area contributed by atoms with E-state index < -0.39 is 0 Å². The van der Waals surface area contributed by atoms with Gasteiger partial charge in [-0.15, -0.1) is 23.1 Å². The van der Waals surface area contributed by atoms with Crippen molar-refractivity contribution >= 4 is 46.3 Å². The Hall–Kier alpha value is -2.64. The molecule has 7 heteroatoms. The van der Waals surface area contributed by atoms with Crippen molar-refractivity contribution in [3.05, 3.63) is 62.6 Å². The number of benzene rings is 1. The molecule has 1 aromatic carbocycles. The smallest absolute Gasteiger partial charge is 0.134 e. The molecule has 0 aliphatic carbocycles. The van der Waals surface area contributed by atoms with Crippen molar-refractivity contribution in [3.8, 4) is 23.4 Å². The molecule has 0 fully saturated rings. The van der Waals surface area contributed by atoms with E-state index in [2.05, 4.69) is 22.1 Å². The molecule has 0 saturated heterocycles. The molecule has 0 N–H and O–H groups in total. The SMILES string of the molecule is CCSc1nc(C)c(-c2csc(/C(C#N)=C/c3ccc(Cl)cc3)n2)cc1C#N. The first-order chi connectivity index (χ1) is 13.5. The van der Waals surface area contributed by atoms with Crippen LogP contribution in [-0.2, 0) is 0 Å². The predicted octanol–water partition coefficient (Wildman–Crippen LogP) is 6.21. The minimum atomic E-state index is 0.475. The summed E-state index contributed by atoms with van der Waals surface area (Å²) in [5, 5.41) is 22.9. The third kappa shape index (κ3) is 4.43. The van der Waals surface area contributed by atoms with E-state index in [0.29, 0.717) is 26.9 Å². The normalized spacial score (nSPS) is 11.1. The van der Waals surface area contributed by atoms with Gasteiger partial charge in [-0.3, -0.25) is 0 Å². The van der Waals surface area contributed by atoms with Gasteiger partial charge in [-0.2, -0.15) is 10.5 Å². The lowest BCUT2D eigenvalue weighted by Crippen LogP contribution is -1.95. The highest BCUT2D eigenvalue weighted by Crippen LogP contribution is 2.31. The Bertz CT molecular complexity index is 1120. The van der Waals surface area contributed by atoms with E-state index in [1.54, 1.807) is 30.0 Å². The standard InChI is InChI=1S/C21H15ClN4S2/c1-3-27-20-16(11-24)9-18(13(2)25-20)19-12-28-21(26-19)15(10-23)8-14-4-6-17(22)7-5-14/h4-9,12H,3H2,1-2H3/b15-8+. The molecule has 0 spiro atoms. The predicted molar refractivity (Wildman–Crippen MR) is 116 cm³/mol. The van der Waals surface area contributed by atoms with Gasteiger partial charge in [-0.25, -0.2) is 9.97 Å². The summed E-state index contributed by atoms with van der Waals surface area (Å²) in [6, 6.07) is 13.5. The fourth-order valence-electron chi connectivity index (χ4n) is 2.56. The van der Waals surface area contributed by atoms with Crippen molar-refractivity contribution in [2.45, 2.75) is 18.9 Å². The molecule has 138 valence electrons. The molecule has 0 bridgehead atoms. The Morgan fingerprint density at radius 1 is 1.25 bits per heavy atom. The lowest BCUT2D eigenvalue weighted by Gasteiger charge is -2.07. The molecule has 4 nitrogen and oxygen atoms in total. The first kappa shape index (κ1) is 20.1. The van der Waals surface area contributed by atoms with Gasteiger partial charge in [0.05, 0.1) is 16.8 Å². The highest BCUT2D eigenvalue weighted by atomic mass is 35.5. The second-order valence-corrected chi connectivity index (χ2v) is 8.33. The first-order valence-corrected chi connectivity index (χ1v) is 10.7. The van der Waals surface area contributed by atoms with Gasteiger partial charge in [0.1, 0.15) is 22.2 Å². The molecule has 28 heavy (non-hydrogen) atoms. The molecular formula is C21H15ClN4S2. The summed E-state index contributed by atoms with van der Waals surface area (Å²) in [6.45, 7) is 3.93. The number of hydrogen-bond donors (Lipinski definition) is 0. The van der Waals surface area contributed by atoms with Crippen LogP contribution in [0.5, 0.6) is 0 Å². The highest BCUT2D eigenvalue weighted by molar-refractivity contribution is 7.99. The Labute approximate surface area is 177 Å². The van der Waals surface area contributed by atoms with Gasteiger partial charge in [0.2, 0.25) is 0 Å². The molecule has 0 aliphatic rings. The number of allylic oxidation sites excluding steroid dienone is 1. The van der Waals surface area contributed by atoms with E-state index in [-0.39, 0.29) is 0 Å². The lowest BCUT2D eigenvalue weighted by atomic mass is 10.1. The molecule has 0 aliphatic heterocycles. The first-order valence-electron chi connectivity index (χ1n) is 8.44. The third-order valence-corrected chi connectivity index (χ3v) is 5.89. The second kappa shape index (κ2) is 9.03. The van der Waals surface area contributed by atoms with Crippen LogP contribution in [0.2, 0.25) is 5.02 Å². The summed E-state index contributed by atoms with van der Waals surface area (Å²) in [5.41, 5.74) is 4.23. The minimum absolute atomic E-state index is 0.475. The Balaban J connectivity index is 1.99. The molecule has 0 radical (unpaired) electrons. The average Bonchev–Trinajstić information content (AvgIpc) is 3.17. The zero-order valence-corrected chi connectivity index (χ0v) is 17.6. The van der Waals surface area contributed by atoms with E-state index in [9.17, 15) is 10.5 Å². The quantitative estimate of drug-likeness (QED) is 0.360. The zero-order chi connectivity index (χ0) is 20.1. The number of aryl methyl sites for hydroxylation is 1. The van der Waals surface area contributed by atoms with Crippen molar-refractivity contribution in [1.82, 2.24) is 9.97 Å². The number of thiazole rings is 1. The Kier molecular flexibility index (Phi) is 6.49. The summed E-state index contributed by atoms with van der Waals surface area (Å²) in [5.74, 6) is 0.850. The number of halogens is 1. The van der Waals surface area contributed by atoms with Gasteiger partial charge in [0.15, 0.2) is 0 Å². The highest BCUT2D eigenvalue weighted by Gasteiger charge is 2.15. The fourth-order valence-corrected chi connectivity index (χ4v) is 4.20. The molecule has 3 rings (SSSR count). The maximum atomic E-state index is 9.57. The van der Waals surface area contributed by atoms with Crippen LogP contribution >= 0.6 is 34.7 Å². The summed E-state index contributed by atoms with van der Waals surface area (Å²) in [4.78, 5) is 9.20. The van der Waals surface area contributed by atoms with E-state index in [1.807, 2.05) is 37.4 Å². The maximum absolute atomic E-state index is 9.57. The number of rotatable bonds is 5. The van der Waals surface area contributed by atoms with Crippen molar-refractivity contribution in [2.24, 2.45) is 0 Å². The van der Waals surface area contributed by atoms with Crippen molar-refractivity contribution < 1.29 is 0 Å². The van der Waals surface area contributed by atoms with Gasteiger partial charge >= 0.3 is 0 Å². The number of hydrogen-bond acceptors (Lipinski definition) is 6. The van der Waals surface area contributed by atoms with Crippen LogP contribution in [0.3, 0.4) is 0 Å². The maximum Gasteiger partial charge on any atom is 0.134 e. The molecule has 0 amide bonds. The van der Waals surface area contributed by atoms with Crippen LogP contribution in [0.1, 0.15) is 28.8 Å². The summed E-state index contributed by atoms with van der Waals surface area (Å²) < 4.78 is 0. The molecular weight excluding hydrogens is 408 g/mol. The van der Waals surface area contributed by atoms with E-state index in [1.165, 1.54) is 11.3 Å². The monoisotopic (exact) mass is 422 g/mol. The third-order valence-electron chi connectivity index (χ3n) is 3.89. The van der Waals surface area contributed by atoms with Crippen molar-refractivity contribution in [1.29, 1.82) is 10.5 Å². The lowest BCUT2D eigenvalue weighted by molar-refractivity contribution is 1.05. The molecule has 2 heterocycles. The van der Waals surface area contributed by atoms with Crippen LogP contribution in [0.4, 0.5) is 0 Å². The second-order valence-electron chi connectivity index (χ2n) is 5.78. The van der Waals surface area contributed by atoms with Crippen LogP contribution in [0, 0.1) is 29.6 Å². The van der Waals surface area contributed by atoms with Gasteiger partial charge in [0.25, 0.3) is 0 Å². The van der Waals surface area contributed by atoms with Crippen LogP contribution in [0.15, 0.2) is 40.7 Å². The number of nitrogens with zero attached hydrogens (tertiary/aromatic N) is 4. The Morgan fingerprint density at radius 3 is 2.64 bits per heavy atom. The molecule has 0 unspecified atom stereocenters. The Morgan fingerprint density at radius 2 is 2.00 bits per heavy atom. The molecule has 3 aromatic rings. The van der Waals surface area contributed by atoms with Crippen LogP contribution in [-0.4, -0.2) is 15.7 Å². The molecule has 2 aromatic heterocycles. The number of aromatic nitrogens is 2. The fraction of sp³-hybridized carbons (Fsp3) is 0.143. The summed E-state index contributed by atoms with van der Waals surface area (Å²) in [7, 11) is 0. The zero-order valence-electron chi connectivity index (χ0n) is 15.2. The van der Waals surface area contributed by atoms with Gasteiger partial charge in [-0.1, -0.05) is 30.7 Å². The van der Waals surface area contributed by atoms with E-state index in [4.69, 9.17) is 11.6 Å². The van der Waals surface area contributed by atoms with Gasteiger partial charge in [-0.05, 0) is 42.5 Å². The summed E-state index contributed by atoms with van der Waals surface area (Å²) in [6.07, 6.45) is 1.78. The van der Waals surface area contributed by atoms with Crippen molar-refractivity contribution in [3.63, 3.8) is 0 Å². The van der Waals surface area contributed by atoms with Crippen LogP contribution < -0.4 is 0 Å².